The zero-order chi connectivity index (χ0) is 23.8. The van der Waals surface area contributed by atoms with E-state index in [-0.39, 0.29) is 6.10 Å². The van der Waals surface area contributed by atoms with Gasteiger partial charge in [-0.25, -0.2) is 23.9 Å². The number of fused-ring (bicyclic) bond motifs is 1. The maximum absolute atomic E-state index is 14.2. The molecule has 2 aromatic heterocycles. The average molecular weight is 468 g/mol. The summed E-state index contributed by atoms with van der Waals surface area (Å²) in [5.41, 5.74) is 8.07. The summed E-state index contributed by atoms with van der Waals surface area (Å²) >= 11 is 0. The van der Waals surface area contributed by atoms with Gasteiger partial charge in [-0.2, -0.15) is 0 Å². The first-order valence-electron chi connectivity index (χ1n) is 11.4. The van der Waals surface area contributed by atoms with Crippen LogP contribution in [0.4, 0.5) is 9.18 Å². The summed E-state index contributed by atoms with van der Waals surface area (Å²) in [4.78, 5) is 37.8. The number of rotatable bonds is 6. The number of piperidine rings is 1. The van der Waals surface area contributed by atoms with Gasteiger partial charge in [-0.1, -0.05) is 0 Å². The van der Waals surface area contributed by atoms with Crippen LogP contribution in [0.2, 0.25) is 0 Å². The number of nitrogens with zero attached hydrogens (tertiary/aromatic N) is 3. The second-order valence-electron chi connectivity index (χ2n) is 8.90. The molecule has 10 heteroatoms. The number of ether oxygens (including phenoxy) is 2. The lowest BCUT2D eigenvalue weighted by Crippen LogP contribution is -2.44. The van der Waals surface area contributed by atoms with Crippen molar-refractivity contribution in [2.24, 2.45) is 11.7 Å². The first kappa shape index (κ1) is 22.1. The topological polar surface area (TPSA) is 123 Å². The molecule has 1 aromatic carbocycles. The molecule has 1 saturated heterocycles. The molecule has 1 aliphatic carbocycles. The summed E-state index contributed by atoms with van der Waals surface area (Å²) < 4.78 is 25.9. The molecule has 0 unspecified atom stereocenters. The summed E-state index contributed by atoms with van der Waals surface area (Å²) in [6.45, 7) is 3.21. The molecule has 3 aromatic rings. The second-order valence-corrected chi connectivity index (χ2v) is 8.90. The van der Waals surface area contributed by atoms with Crippen LogP contribution in [0.5, 0.6) is 5.75 Å². The lowest BCUT2D eigenvalue weighted by molar-refractivity contribution is 0.0157. The SMILES string of the molecule is Cc1[nH]c2c(-c3cc(F)ccc3OCC3CC3)ncnc2c1C(=O)OC1CCN(C(N)=O)CC1. The Hall–Kier alpha value is -3.69. The number of urea groups is 1. The van der Waals surface area contributed by atoms with E-state index >= 15 is 0 Å². The molecule has 3 N–H and O–H groups in total. The summed E-state index contributed by atoms with van der Waals surface area (Å²) in [5, 5.41) is 0. The molecule has 2 aliphatic rings. The third-order valence-electron chi connectivity index (χ3n) is 6.37. The molecule has 178 valence electrons. The number of amides is 2. The molecule has 5 rings (SSSR count). The Morgan fingerprint density at radius 1 is 1.21 bits per heavy atom. The summed E-state index contributed by atoms with van der Waals surface area (Å²) in [5.74, 6) is 0.152. The number of benzene rings is 1. The number of likely N-dealkylation sites (tertiary alicyclic amines) is 1. The van der Waals surface area contributed by atoms with Crippen molar-refractivity contribution in [2.45, 2.75) is 38.7 Å². The molecule has 0 spiro atoms. The smallest absolute Gasteiger partial charge is 0.342 e. The number of esters is 1. The first-order chi connectivity index (χ1) is 16.4. The predicted molar refractivity (Wildman–Crippen MR) is 122 cm³/mol. The molecule has 34 heavy (non-hydrogen) atoms. The van der Waals surface area contributed by atoms with Gasteiger partial charge in [0.05, 0.1) is 12.1 Å². The van der Waals surface area contributed by atoms with Gasteiger partial charge < -0.3 is 25.1 Å². The molecular formula is C24H26FN5O4. The van der Waals surface area contributed by atoms with Crippen LogP contribution in [0.25, 0.3) is 22.3 Å². The van der Waals surface area contributed by atoms with Crippen LogP contribution in [0, 0.1) is 18.7 Å². The summed E-state index contributed by atoms with van der Waals surface area (Å²) in [7, 11) is 0. The average Bonchev–Trinajstić information content (AvgIpc) is 3.58. The van der Waals surface area contributed by atoms with E-state index in [0.717, 1.165) is 12.8 Å². The van der Waals surface area contributed by atoms with Crippen LogP contribution in [0.15, 0.2) is 24.5 Å². The van der Waals surface area contributed by atoms with E-state index in [1.165, 1.54) is 23.4 Å². The number of aromatic nitrogens is 3. The number of carbonyl (C=O) groups is 2. The maximum Gasteiger partial charge on any atom is 0.342 e. The number of carbonyl (C=O) groups excluding carboxylic acids is 2. The Morgan fingerprint density at radius 2 is 1.97 bits per heavy atom. The highest BCUT2D eigenvalue weighted by atomic mass is 19.1. The standard InChI is InChI=1S/C24H26FN5O4/c1-13-19(23(31)34-16-6-8-30(9-7-16)24(26)32)21-22(29-13)20(27-12-28-21)17-10-15(25)4-5-18(17)33-11-14-2-3-14/h4-5,10,12,14,16,29H,2-3,6-9,11H2,1H3,(H2,26,32). The van der Waals surface area contributed by atoms with Gasteiger partial charge in [0.1, 0.15) is 40.8 Å². The van der Waals surface area contributed by atoms with Crippen LogP contribution < -0.4 is 10.5 Å². The zero-order valence-electron chi connectivity index (χ0n) is 18.8. The number of aromatic amines is 1. The van der Waals surface area contributed by atoms with E-state index in [1.54, 1.807) is 13.0 Å². The van der Waals surface area contributed by atoms with Crippen molar-refractivity contribution in [1.82, 2.24) is 19.9 Å². The van der Waals surface area contributed by atoms with Crippen molar-refractivity contribution in [2.75, 3.05) is 19.7 Å². The van der Waals surface area contributed by atoms with Gasteiger partial charge in [-0.3, -0.25) is 0 Å². The molecule has 2 amide bonds. The van der Waals surface area contributed by atoms with Gasteiger partial charge in [-0.05, 0) is 43.9 Å². The van der Waals surface area contributed by atoms with E-state index < -0.39 is 17.8 Å². The molecule has 3 heterocycles. The van der Waals surface area contributed by atoms with E-state index in [4.69, 9.17) is 15.2 Å². The number of nitrogens with one attached hydrogen (secondary N) is 1. The van der Waals surface area contributed by atoms with Crippen molar-refractivity contribution in [3.8, 4) is 17.0 Å². The van der Waals surface area contributed by atoms with Gasteiger partial charge >= 0.3 is 12.0 Å². The lowest BCUT2D eigenvalue weighted by Gasteiger charge is -2.30. The van der Waals surface area contributed by atoms with Crippen LogP contribution >= 0.6 is 0 Å². The third kappa shape index (κ3) is 4.40. The zero-order valence-corrected chi connectivity index (χ0v) is 18.8. The molecule has 0 radical (unpaired) electrons. The Kier molecular flexibility index (Phi) is 5.80. The highest BCUT2D eigenvalue weighted by Gasteiger charge is 2.28. The van der Waals surface area contributed by atoms with Crippen molar-refractivity contribution in [3.05, 3.63) is 41.6 Å². The minimum Gasteiger partial charge on any atom is -0.493 e. The largest absolute Gasteiger partial charge is 0.493 e. The van der Waals surface area contributed by atoms with Crippen LogP contribution in [0.1, 0.15) is 41.7 Å². The quantitative estimate of drug-likeness (QED) is 0.534. The van der Waals surface area contributed by atoms with E-state index in [1.807, 2.05) is 0 Å². The van der Waals surface area contributed by atoms with Gasteiger partial charge in [0.2, 0.25) is 0 Å². The number of nitrogens with two attached hydrogens (primary N) is 1. The fourth-order valence-electron chi connectivity index (χ4n) is 4.28. The predicted octanol–water partition coefficient (Wildman–Crippen LogP) is 3.56. The van der Waals surface area contributed by atoms with Crippen LogP contribution in [-0.2, 0) is 4.74 Å². The van der Waals surface area contributed by atoms with E-state index in [2.05, 4.69) is 15.0 Å². The normalized spacial score (nSPS) is 16.6. The summed E-state index contributed by atoms with van der Waals surface area (Å²) in [6.07, 6.45) is 4.33. The van der Waals surface area contributed by atoms with Gasteiger partial charge in [0.15, 0.2) is 0 Å². The Morgan fingerprint density at radius 3 is 2.68 bits per heavy atom. The van der Waals surface area contributed by atoms with Crippen molar-refractivity contribution in [3.63, 3.8) is 0 Å². The number of hydrogen-bond acceptors (Lipinski definition) is 6. The maximum atomic E-state index is 14.2. The van der Waals surface area contributed by atoms with Gasteiger partial charge in [0, 0.05) is 37.2 Å². The molecule has 0 bridgehead atoms. The Labute approximate surface area is 195 Å². The third-order valence-corrected chi connectivity index (χ3v) is 6.37. The number of halogens is 1. The Bertz CT molecular complexity index is 1250. The molecular weight excluding hydrogens is 441 g/mol. The highest BCUT2D eigenvalue weighted by molar-refractivity contribution is 6.07. The van der Waals surface area contributed by atoms with Crippen molar-refractivity contribution >= 4 is 23.0 Å². The molecule has 2 fully saturated rings. The lowest BCUT2D eigenvalue weighted by atomic mass is 10.1. The van der Waals surface area contributed by atoms with Crippen molar-refractivity contribution < 1.29 is 23.5 Å². The number of hydrogen-bond donors (Lipinski definition) is 2. The minimum atomic E-state index is -0.504. The van der Waals surface area contributed by atoms with Crippen LogP contribution in [-0.4, -0.2) is 57.7 Å². The number of aryl methyl sites for hydroxylation is 1. The van der Waals surface area contributed by atoms with Crippen molar-refractivity contribution in [1.29, 1.82) is 0 Å². The molecule has 0 atom stereocenters. The highest BCUT2D eigenvalue weighted by Crippen LogP contribution is 2.37. The second kappa shape index (κ2) is 8.92. The first-order valence-corrected chi connectivity index (χ1v) is 11.4. The van der Waals surface area contributed by atoms with Gasteiger partial charge in [-0.15, -0.1) is 0 Å². The van der Waals surface area contributed by atoms with E-state index in [0.29, 0.717) is 77.8 Å². The van der Waals surface area contributed by atoms with E-state index in [9.17, 15) is 14.0 Å². The fourth-order valence-corrected chi connectivity index (χ4v) is 4.28. The number of primary amides is 1. The molecule has 9 nitrogen and oxygen atoms in total. The minimum absolute atomic E-state index is 0.313. The molecule has 1 saturated carbocycles. The number of H-pyrrole nitrogens is 1. The molecule has 1 aliphatic heterocycles. The Balaban J connectivity index is 1.43. The van der Waals surface area contributed by atoms with Crippen LogP contribution in [0.3, 0.4) is 0 Å². The monoisotopic (exact) mass is 467 g/mol. The fraction of sp³-hybridized carbons (Fsp3) is 0.417. The summed E-state index contributed by atoms with van der Waals surface area (Å²) in [6, 6.07) is 3.87. The van der Waals surface area contributed by atoms with Gasteiger partial charge in [0.25, 0.3) is 0 Å².